The second-order valence-electron chi connectivity index (χ2n) is 13.8. The molecule has 0 saturated carbocycles. The molecule has 5 nitrogen and oxygen atoms in total. The number of aromatic nitrogens is 2. The Morgan fingerprint density at radius 3 is 1.87 bits per heavy atom. The molecule has 0 fully saturated rings. The third kappa shape index (κ3) is 5.79. The molecule has 0 aliphatic heterocycles. The Morgan fingerprint density at radius 1 is 0.600 bits per heavy atom. The standard InChI is InChI=1S/C45H30B5N5/c46-37-36(38(47)40(49)41(50)39(37)48)45(53-44(51)28-13-5-2-6-14-28)52-25-54-34-17-9-7-15-30(34)32-23-24-33-31-16-8-10-18-35(31)55(43(33)42(32)54)29-21-19-27(20-22-29)26-11-3-1-4-12-26/h2-3,5-24H,1,4,25H2,(H2,51,52,53). The summed E-state index contributed by atoms with van der Waals surface area (Å²) in [7, 11) is 32.1. The number of amidine groups is 2. The van der Waals surface area contributed by atoms with Gasteiger partial charge in [-0.15, -0.1) is 16.4 Å². The Kier molecular flexibility index (Phi) is 8.77. The van der Waals surface area contributed by atoms with Crippen molar-refractivity contribution < 1.29 is 0 Å². The van der Waals surface area contributed by atoms with Crippen LogP contribution < -0.4 is 33.0 Å². The van der Waals surface area contributed by atoms with Crippen LogP contribution in [0.2, 0.25) is 0 Å². The van der Waals surface area contributed by atoms with Crippen LogP contribution in [-0.4, -0.2) is 60.0 Å². The number of aliphatic imine (C=N–C) groups is 2. The maximum absolute atomic E-state index is 6.61. The van der Waals surface area contributed by atoms with E-state index in [1.807, 2.05) is 36.4 Å². The highest BCUT2D eigenvalue weighted by Gasteiger charge is 2.21. The zero-order valence-electron chi connectivity index (χ0n) is 30.1. The van der Waals surface area contributed by atoms with Gasteiger partial charge in [0.25, 0.3) is 0 Å². The lowest BCUT2D eigenvalue weighted by Crippen LogP contribution is -2.57. The lowest BCUT2D eigenvalue weighted by Gasteiger charge is -2.21. The molecular formula is C45H30B5N5. The lowest BCUT2D eigenvalue weighted by molar-refractivity contribution is 0.792. The number of para-hydroxylation sites is 2. The Bertz CT molecular complexity index is 2920. The number of hydrogen-bond acceptors (Lipinski definition) is 1. The van der Waals surface area contributed by atoms with Gasteiger partial charge >= 0.3 is 0 Å². The van der Waals surface area contributed by atoms with Crippen LogP contribution >= 0.6 is 0 Å². The largest absolute Gasteiger partial charge is 0.383 e. The highest BCUT2D eigenvalue weighted by molar-refractivity contribution is 6.68. The molecule has 0 unspecified atom stereocenters. The van der Waals surface area contributed by atoms with Crippen LogP contribution in [0.5, 0.6) is 0 Å². The summed E-state index contributed by atoms with van der Waals surface area (Å²) in [5.74, 6) is 0.398. The van der Waals surface area contributed by atoms with Gasteiger partial charge in [-0.3, -0.25) is 0 Å². The summed E-state index contributed by atoms with van der Waals surface area (Å²) < 4.78 is 4.56. The first kappa shape index (κ1) is 34.6. The molecule has 10 radical (unpaired) electrons. The number of hydrogen-bond donors (Lipinski definition) is 1. The Labute approximate surface area is 326 Å². The van der Waals surface area contributed by atoms with E-state index in [2.05, 4.69) is 106 Å². The number of rotatable bonds is 6. The first-order chi connectivity index (χ1) is 26.8. The van der Waals surface area contributed by atoms with Crippen molar-refractivity contribution in [2.24, 2.45) is 15.7 Å². The predicted molar refractivity (Wildman–Crippen MR) is 237 cm³/mol. The molecule has 10 heteroatoms. The van der Waals surface area contributed by atoms with Gasteiger partial charge in [0.1, 0.15) is 51.7 Å². The summed E-state index contributed by atoms with van der Waals surface area (Å²) >= 11 is 0. The number of fused-ring (bicyclic) bond motifs is 7. The van der Waals surface area contributed by atoms with Gasteiger partial charge in [0.15, 0.2) is 5.84 Å². The average Bonchev–Trinajstić information content (AvgIpc) is 3.74. The molecule has 250 valence electrons. The van der Waals surface area contributed by atoms with E-state index in [0.717, 1.165) is 62.1 Å². The lowest BCUT2D eigenvalue weighted by atomic mass is 9.60. The Morgan fingerprint density at radius 2 is 1.20 bits per heavy atom. The molecule has 0 amide bonds. The zero-order valence-corrected chi connectivity index (χ0v) is 30.1. The highest BCUT2D eigenvalue weighted by Crippen LogP contribution is 2.40. The summed E-state index contributed by atoms with van der Waals surface area (Å²) in [6.07, 6.45) is 8.88. The second-order valence-corrected chi connectivity index (χ2v) is 13.8. The molecule has 2 aromatic heterocycles. The molecule has 6 aromatic carbocycles. The van der Waals surface area contributed by atoms with Crippen molar-refractivity contribution in [1.82, 2.24) is 9.13 Å². The number of benzene rings is 6. The molecule has 0 spiro atoms. The maximum atomic E-state index is 6.61. The third-order valence-corrected chi connectivity index (χ3v) is 10.6. The minimum atomic E-state index is 0.104. The summed E-state index contributed by atoms with van der Waals surface area (Å²) in [5, 5.41) is 4.45. The number of allylic oxidation sites excluding steroid dienone is 4. The van der Waals surface area contributed by atoms with Crippen LogP contribution in [0.25, 0.3) is 54.9 Å². The fourth-order valence-corrected chi connectivity index (χ4v) is 7.82. The van der Waals surface area contributed by atoms with Gasteiger partial charge in [0.2, 0.25) is 0 Å². The molecule has 8 aromatic rings. The predicted octanol–water partition coefficient (Wildman–Crippen LogP) is 4.40. The monoisotopic (exact) mass is 695 g/mol. The van der Waals surface area contributed by atoms with Crippen LogP contribution in [0.4, 0.5) is 0 Å². The van der Waals surface area contributed by atoms with E-state index in [0.29, 0.717) is 5.56 Å². The summed E-state index contributed by atoms with van der Waals surface area (Å²) in [5.41, 5.74) is 15.8. The summed E-state index contributed by atoms with van der Waals surface area (Å²) in [4.78, 5) is 9.96. The highest BCUT2D eigenvalue weighted by atomic mass is 15.1. The van der Waals surface area contributed by atoms with Crippen LogP contribution in [0, 0.1) is 0 Å². The van der Waals surface area contributed by atoms with Crippen molar-refractivity contribution in [2.45, 2.75) is 19.5 Å². The fourth-order valence-electron chi connectivity index (χ4n) is 7.82. The summed E-state index contributed by atoms with van der Waals surface area (Å²) in [6, 6.07) is 39.5. The second kappa shape index (κ2) is 13.9. The van der Waals surface area contributed by atoms with Gasteiger partial charge in [-0.25, -0.2) is 9.98 Å². The first-order valence-electron chi connectivity index (χ1n) is 18.2. The van der Waals surface area contributed by atoms with Gasteiger partial charge in [-0.2, -0.15) is 0 Å². The topological polar surface area (TPSA) is 60.6 Å². The molecular weight excluding hydrogens is 665 g/mol. The molecule has 2 heterocycles. The van der Waals surface area contributed by atoms with Crippen molar-refractivity contribution in [3.63, 3.8) is 0 Å². The van der Waals surface area contributed by atoms with Gasteiger partial charge in [0.05, 0.1) is 22.1 Å². The quantitative estimate of drug-likeness (QED) is 0.157. The van der Waals surface area contributed by atoms with Crippen molar-refractivity contribution in [3.05, 3.63) is 150 Å². The van der Waals surface area contributed by atoms with Crippen molar-refractivity contribution in [2.75, 3.05) is 0 Å². The molecule has 1 aliphatic rings. The van der Waals surface area contributed by atoms with E-state index < -0.39 is 0 Å². The minimum absolute atomic E-state index is 0.104. The number of nitrogens with zero attached hydrogens (tertiary/aromatic N) is 4. The van der Waals surface area contributed by atoms with E-state index in [1.54, 1.807) is 0 Å². The normalized spacial score (nSPS) is 13.7. The van der Waals surface area contributed by atoms with Crippen LogP contribution in [-0.2, 0) is 6.67 Å². The van der Waals surface area contributed by atoms with Crippen LogP contribution in [0.15, 0.2) is 143 Å². The average molecular weight is 695 g/mol. The first-order valence-corrected chi connectivity index (χ1v) is 18.2. The van der Waals surface area contributed by atoms with Crippen molar-refractivity contribution >= 4 is 127 Å². The van der Waals surface area contributed by atoms with Crippen LogP contribution in [0.3, 0.4) is 0 Å². The molecule has 0 atom stereocenters. The SMILES string of the molecule is [B]c1c([B])c([B])c(C(N=C(N)c2ccccc2)=NCn2c3ccccc3c3ccc4c5ccccc5n(-c5ccc(C6=CCCC=C6)cc5)c4c32)c([B])c1[B]. The van der Waals surface area contributed by atoms with E-state index in [1.165, 1.54) is 11.1 Å². The Balaban J connectivity index is 1.31. The van der Waals surface area contributed by atoms with Crippen molar-refractivity contribution in [3.8, 4) is 5.69 Å². The van der Waals surface area contributed by atoms with Gasteiger partial charge in [-0.1, -0.05) is 120 Å². The smallest absolute Gasteiger partial charge is 0.157 e. The van der Waals surface area contributed by atoms with E-state index in [-0.39, 0.29) is 51.2 Å². The molecule has 9 rings (SSSR count). The minimum Gasteiger partial charge on any atom is -0.383 e. The summed E-state index contributed by atoms with van der Waals surface area (Å²) in [6.45, 7) is 0.133. The van der Waals surface area contributed by atoms with E-state index >= 15 is 0 Å². The van der Waals surface area contributed by atoms with Gasteiger partial charge in [0, 0.05) is 38.4 Å². The van der Waals surface area contributed by atoms with Crippen LogP contribution in [0.1, 0.15) is 29.5 Å². The van der Waals surface area contributed by atoms with E-state index in [9.17, 15) is 0 Å². The van der Waals surface area contributed by atoms with Gasteiger partial charge < -0.3 is 14.9 Å². The molecule has 1 aliphatic carbocycles. The molecule has 55 heavy (non-hydrogen) atoms. The molecule has 0 bridgehead atoms. The molecule has 2 N–H and O–H groups in total. The molecule has 0 saturated heterocycles. The zero-order chi connectivity index (χ0) is 37.8. The third-order valence-electron chi connectivity index (χ3n) is 10.6. The fraction of sp³-hybridized carbons (Fsp3) is 0.0667. The van der Waals surface area contributed by atoms with Gasteiger partial charge in [-0.05, 0) is 48.2 Å². The Hall–Kier alpha value is -6.14. The maximum Gasteiger partial charge on any atom is 0.157 e. The van der Waals surface area contributed by atoms with E-state index in [4.69, 9.17) is 54.9 Å². The number of nitrogens with two attached hydrogens (primary N) is 1. The van der Waals surface area contributed by atoms with Crippen molar-refractivity contribution in [1.29, 1.82) is 0 Å².